The Morgan fingerprint density at radius 2 is 2.19 bits per heavy atom. The number of carbonyl (C=O) groups is 1. The number of hydrogen-bond donors (Lipinski definition) is 2. The van der Waals surface area contributed by atoms with E-state index in [1.165, 1.54) is 26.0 Å². The van der Waals surface area contributed by atoms with Crippen molar-refractivity contribution in [1.82, 2.24) is 19.6 Å². The Balaban J connectivity index is 1.93. The van der Waals surface area contributed by atoms with Crippen LogP contribution < -0.4 is 5.32 Å². The van der Waals surface area contributed by atoms with Gasteiger partial charge in [-0.05, 0) is 18.8 Å². The summed E-state index contributed by atoms with van der Waals surface area (Å²) in [6.07, 6.45) is 6.90. The lowest BCUT2D eigenvalue weighted by molar-refractivity contribution is -0.122. The first kappa shape index (κ1) is 16.0. The smallest absolute Gasteiger partial charge is 0.260 e. The van der Waals surface area contributed by atoms with Crippen LogP contribution in [-0.2, 0) is 14.8 Å². The summed E-state index contributed by atoms with van der Waals surface area (Å²) in [5.74, 6) is 0.177. The topological polar surface area (TPSA) is 95.2 Å². The maximum absolute atomic E-state index is 12.2. The van der Waals surface area contributed by atoms with E-state index in [0.29, 0.717) is 5.92 Å². The molecule has 0 spiro atoms. The number of aromatic nitrogens is 2. The minimum atomic E-state index is -3.69. The van der Waals surface area contributed by atoms with E-state index in [0.717, 1.165) is 23.6 Å². The van der Waals surface area contributed by atoms with E-state index in [-0.39, 0.29) is 23.5 Å². The van der Waals surface area contributed by atoms with Crippen LogP contribution in [0.4, 0.5) is 0 Å². The van der Waals surface area contributed by atoms with Crippen LogP contribution in [0.5, 0.6) is 0 Å². The molecule has 2 atom stereocenters. The van der Waals surface area contributed by atoms with E-state index < -0.39 is 10.0 Å². The molecule has 0 radical (unpaired) electrons. The molecule has 1 fully saturated rings. The molecular formula is C13H22N4O3S. The number of aromatic amines is 1. The van der Waals surface area contributed by atoms with Crippen LogP contribution in [-0.4, -0.2) is 48.2 Å². The maximum Gasteiger partial charge on any atom is 0.260 e. The van der Waals surface area contributed by atoms with E-state index in [9.17, 15) is 13.2 Å². The molecule has 2 rings (SSSR count). The van der Waals surface area contributed by atoms with Crippen LogP contribution in [0.3, 0.4) is 0 Å². The summed E-state index contributed by atoms with van der Waals surface area (Å²) >= 11 is 0. The normalized spacial score (nSPS) is 23.2. The number of likely N-dealkylation sites (N-methyl/N-ethyl adjacent to an activating group) is 1. The Kier molecular flexibility index (Phi) is 5.00. The van der Waals surface area contributed by atoms with Crippen LogP contribution in [0.1, 0.15) is 32.6 Å². The lowest BCUT2D eigenvalue weighted by Crippen LogP contribution is -2.46. The average molecular weight is 314 g/mol. The molecule has 2 N–H and O–H groups in total. The third-order valence-electron chi connectivity index (χ3n) is 3.99. The molecule has 1 heterocycles. The number of hydrogen-bond acceptors (Lipinski definition) is 4. The Hall–Kier alpha value is -1.41. The second-order valence-electron chi connectivity index (χ2n) is 5.61. The third kappa shape index (κ3) is 3.82. The number of imidazole rings is 1. The van der Waals surface area contributed by atoms with Gasteiger partial charge >= 0.3 is 0 Å². The van der Waals surface area contributed by atoms with Crippen LogP contribution in [0.25, 0.3) is 0 Å². The number of nitrogens with one attached hydrogen (secondary N) is 2. The molecule has 0 aliphatic heterocycles. The molecule has 0 bridgehead atoms. The number of nitrogens with zero attached hydrogens (tertiary/aromatic N) is 2. The first-order valence-corrected chi connectivity index (χ1v) is 8.59. The van der Waals surface area contributed by atoms with Crippen molar-refractivity contribution in [3.8, 4) is 0 Å². The Morgan fingerprint density at radius 3 is 2.81 bits per heavy atom. The Labute approximate surface area is 125 Å². The molecule has 0 aromatic carbocycles. The fraction of sp³-hybridized carbons (Fsp3) is 0.692. The van der Waals surface area contributed by atoms with Gasteiger partial charge in [0.1, 0.15) is 0 Å². The van der Waals surface area contributed by atoms with E-state index in [1.54, 1.807) is 0 Å². The van der Waals surface area contributed by atoms with Crippen molar-refractivity contribution in [2.24, 2.45) is 5.92 Å². The van der Waals surface area contributed by atoms with Gasteiger partial charge in [-0.2, -0.15) is 4.31 Å². The molecular weight excluding hydrogens is 292 g/mol. The molecule has 1 aromatic rings. The molecule has 1 saturated carbocycles. The summed E-state index contributed by atoms with van der Waals surface area (Å²) in [7, 11) is -2.30. The molecule has 8 heteroatoms. The fourth-order valence-electron chi connectivity index (χ4n) is 2.62. The predicted molar refractivity (Wildman–Crippen MR) is 78.0 cm³/mol. The summed E-state index contributed by atoms with van der Waals surface area (Å²) in [4.78, 5) is 18.3. The zero-order valence-corrected chi connectivity index (χ0v) is 13.2. The highest BCUT2D eigenvalue weighted by molar-refractivity contribution is 7.89. The standard InChI is InChI=1S/C13H22N4O3S/c1-10-5-3-4-6-11(10)16-12(18)8-17(2)21(19,20)13-7-14-9-15-13/h7,9-11H,3-6,8H2,1-2H3,(H,14,15)(H,16,18)/t10-,11-/m1/s1. The molecule has 1 aliphatic carbocycles. The lowest BCUT2D eigenvalue weighted by atomic mass is 9.86. The molecule has 0 unspecified atom stereocenters. The molecule has 7 nitrogen and oxygen atoms in total. The number of rotatable bonds is 5. The van der Waals surface area contributed by atoms with Crippen molar-refractivity contribution < 1.29 is 13.2 Å². The van der Waals surface area contributed by atoms with Gasteiger partial charge < -0.3 is 10.3 Å². The monoisotopic (exact) mass is 314 g/mol. The van der Waals surface area contributed by atoms with Gasteiger partial charge in [0.15, 0.2) is 5.03 Å². The minimum Gasteiger partial charge on any atom is -0.352 e. The highest BCUT2D eigenvalue weighted by Gasteiger charge is 2.27. The number of amides is 1. The summed E-state index contributed by atoms with van der Waals surface area (Å²) in [6, 6.07) is 0.148. The summed E-state index contributed by atoms with van der Waals surface area (Å²) in [5.41, 5.74) is 0. The predicted octanol–water partition coefficient (Wildman–Crippen LogP) is 0.725. The fourth-order valence-corrected chi connectivity index (χ4v) is 3.64. The van der Waals surface area contributed by atoms with Gasteiger partial charge in [0.2, 0.25) is 5.91 Å². The number of H-pyrrole nitrogens is 1. The Morgan fingerprint density at radius 1 is 1.48 bits per heavy atom. The third-order valence-corrected chi connectivity index (χ3v) is 5.71. The van der Waals surface area contributed by atoms with Gasteiger partial charge in [0, 0.05) is 13.1 Å². The van der Waals surface area contributed by atoms with Crippen molar-refractivity contribution in [2.45, 2.75) is 43.7 Å². The van der Waals surface area contributed by atoms with Crippen LogP contribution >= 0.6 is 0 Å². The van der Waals surface area contributed by atoms with Gasteiger partial charge in [0.25, 0.3) is 10.0 Å². The number of carbonyl (C=O) groups excluding carboxylic acids is 1. The SMILES string of the molecule is C[C@@H]1CCCC[C@H]1NC(=O)CN(C)S(=O)(=O)c1cnc[nH]1. The van der Waals surface area contributed by atoms with E-state index in [2.05, 4.69) is 22.2 Å². The highest BCUT2D eigenvalue weighted by Crippen LogP contribution is 2.23. The number of sulfonamides is 1. The Bertz CT molecular complexity index is 570. The van der Waals surface area contributed by atoms with Crippen LogP contribution in [0.2, 0.25) is 0 Å². The van der Waals surface area contributed by atoms with Crippen molar-refractivity contribution in [3.05, 3.63) is 12.5 Å². The molecule has 1 aromatic heterocycles. The summed E-state index contributed by atoms with van der Waals surface area (Å²) in [6.45, 7) is 1.93. The first-order valence-electron chi connectivity index (χ1n) is 7.15. The molecule has 1 amide bonds. The summed E-state index contributed by atoms with van der Waals surface area (Å²) < 4.78 is 25.4. The van der Waals surface area contributed by atoms with Gasteiger partial charge in [-0.3, -0.25) is 4.79 Å². The lowest BCUT2D eigenvalue weighted by Gasteiger charge is -2.30. The zero-order valence-electron chi connectivity index (χ0n) is 12.4. The van der Waals surface area contributed by atoms with Gasteiger partial charge in [-0.25, -0.2) is 13.4 Å². The maximum atomic E-state index is 12.2. The molecule has 21 heavy (non-hydrogen) atoms. The zero-order chi connectivity index (χ0) is 15.5. The minimum absolute atomic E-state index is 0.0103. The van der Waals surface area contributed by atoms with Crippen LogP contribution in [0.15, 0.2) is 17.6 Å². The first-order chi connectivity index (χ1) is 9.91. The van der Waals surface area contributed by atoms with E-state index >= 15 is 0 Å². The second-order valence-corrected chi connectivity index (χ2v) is 7.63. The molecule has 118 valence electrons. The molecule has 1 aliphatic rings. The van der Waals surface area contributed by atoms with Crippen LogP contribution in [0, 0.1) is 5.92 Å². The van der Waals surface area contributed by atoms with Gasteiger partial charge in [-0.1, -0.05) is 19.8 Å². The second kappa shape index (κ2) is 6.57. The van der Waals surface area contributed by atoms with Gasteiger partial charge in [-0.15, -0.1) is 0 Å². The van der Waals surface area contributed by atoms with Crippen molar-refractivity contribution in [3.63, 3.8) is 0 Å². The highest BCUT2D eigenvalue weighted by atomic mass is 32.2. The largest absolute Gasteiger partial charge is 0.352 e. The van der Waals surface area contributed by atoms with Crippen molar-refractivity contribution >= 4 is 15.9 Å². The molecule has 0 saturated heterocycles. The summed E-state index contributed by atoms with van der Waals surface area (Å²) in [5, 5.41) is 2.94. The quantitative estimate of drug-likeness (QED) is 0.837. The average Bonchev–Trinajstić information content (AvgIpc) is 2.96. The van der Waals surface area contributed by atoms with Crippen molar-refractivity contribution in [2.75, 3.05) is 13.6 Å². The van der Waals surface area contributed by atoms with Crippen molar-refractivity contribution in [1.29, 1.82) is 0 Å². The van der Waals surface area contributed by atoms with Gasteiger partial charge in [0.05, 0.1) is 19.1 Å². The van der Waals surface area contributed by atoms with E-state index in [1.807, 2.05) is 0 Å². The van der Waals surface area contributed by atoms with E-state index in [4.69, 9.17) is 0 Å².